The highest BCUT2D eigenvalue weighted by molar-refractivity contribution is 5.23. The van der Waals surface area contributed by atoms with Gasteiger partial charge in [0.1, 0.15) is 18.0 Å². The lowest BCUT2D eigenvalue weighted by Gasteiger charge is -2.36. The Bertz CT molecular complexity index is 575. The summed E-state index contributed by atoms with van der Waals surface area (Å²) in [6.45, 7) is 0.910. The third-order valence-corrected chi connectivity index (χ3v) is 4.04. The van der Waals surface area contributed by atoms with Crippen molar-refractivity contribution in [3.05, 3.63) is 47.8 Å². The van der Waals surface area contributed by atoms with Crippen LogP contribution in [0.4, 0.5) is 4.39 Å². The summed E-state index contributed by atoms with van der Waals surface area (Å²) in [4.78, 5) is 0. The predicted octanol–water partition coefficient (Wildman–Crippen LogP) is 2.03. The number of hydrogen-bond acceptors (Lipinski definition) is 3. The third-order valence-electron chi connectivity index (χ3n) is 4.04. The predicted molar refractivity (Wildman–Crippen MR) is 74.9 cm³/mol. The normalized spacial score (nSPS) is 21.7. The van der Waals surface area contributed by atoms with E-state index in [0.29, 0.717) is 12.0 Å². The second kappa shape index (κ2) is 5.71. The van der Waals surface area contributed by atoms with Gasteiger partial charge in [0.2, 0.25) is 0 Å². The van der Waals surface area contributed by atoms with E-state index >= 15 is 0 Å². The molecule has 106 valence electrons. The van der Waals surface area contributed by atoms with Crippen LogP contribution in [0.15, 0.2) is 30.6 Å². The molecule has 1 aliphatic carbocycles. The van der Waals surface area contributed by atoms with E-state index < -0.39 is 0 Å². The molecule has 0 aliphatic heterocycles. The van der Waals surface area contributed by atoms with Gasteiger partial charge in [0.25, 0.3) is 0 Å². The van der Waals surface area contributed by atoms with E-state index in [1.807, 2.05) is 17.7 Å². The minimum atomic E-state index is -0.138. The van der Waals surface area contributed by atoms with Gasteiger partial charge in [0.15, 0.2) is 0 Å². The van der Waals surface area contributed by atoms with Gasteiger partial charge < -0.3 is 9.88 Å². The number of aryl methyl sites for hydroxylation is 1. The first-order valence-corrected chi connectivity index (χ1v) is 7.04. The molecule has 2 aromatic rings. The molecule has 1 aromatic carbocycles. The summed E-state index contributed by atoms with van der Waals surface area (Å²) in [5, 5.41) is 11.4. The van der Waals surface area contributed by atoms with Crippen LogP contribution >= 0.6 is 0 Å². The molecular weight excluding hydrogens is 255 g/mol. The molecule has 4 nitrogen and oxygen atoms in total. The van der Waals surface area contributed by atoms with Gasteiger partial charge in [0.05, 0.1) is 0 Å². The molecule has 0 saturated heterocycles. The number of hydrogen-bond donors (Lipinski definition) is 1. The standard InChI is InChI=1S/C15H19FN4/c1-20-10-18-19-15(20)5-6-17-14-8-12(9-14)11-3-2-4-13(16)7-11/h2-4,7,10,12,14,17H,5-6,8-9H2,1H3. The molecule has 0 radical (unpaired) electrons. The SMILES string of the molecule is Cn1cnnc1CCNC1CC(c2cccc(F)c2)C1. The Morgan fingerprint density at radius 1 is 1.40 bits per heavy atom. The van der Waals surface area contributed by atoms with Gasteiger partial charge in [-0.3, -0.25) is 0 Å². The van der Waals surface area contributed by atoms with Crippen LogP contribution < -0.4 is 5.32 Å². The van der Waals surface area contributed by atoms with Crippen molar-refractivity contribution in [1.82, 2.24) is 20.1 Å². The van der Waals surface area contributed by atoms with Crippen molar-refractivity contribution < 1.29 is 4.39 Å². The molecule has 5 heteroatoms. The minimum absolute atomic E-state index is 0.138. The number of halogens is 1. The Balaban J connectivity index is 1.41. The van der Waals surface area contributed by atoms with Crippen LogP contribution in [0.5, 0.6) is 0 Å². The summed E-state index contributed by atoms with van der Waals surface area (Å²) >= 11 is 0. The number of nitrogens with one attached hydrogen (secondary N) is 1. The second-order valence-electron chi connectivity index (χ2n) is 5.48. The van der Waals surface area contributed by atoms with Gasteiger partial charge >= 0.3 is 0 Å². The molecular formula is C15H19FN4. The van der Waals surface area contributed by atoms with E-state index in [4.69, 9.17) is 0 Å². The van der Waals surface area contributed by atoms with Crippen LogP contribution in [0.3, 0.4) is 0 Å². The molecule has 1 aromatic heterocycles. The van der Waals surface area contributed by atoms with Crippen molar-refractivity contribution in [2.75, 3.05) is 6.54 Å². The van der Waals surface area contributed by atoms with Gasteiger partial charge in [-0.1, -0.05) is 12.1 Å². The topological polar surface area (TPSA) is 42.7 Å². The van der Waals surface area contributed by atoms with Gasteiger partial charge in [0, 0.05) is 26.1 Å². The summed E-state index contributed by atoms with van der Waals surface area (Å²) in [7, 11) is 1.96. The highest BCUT2D eigenvalue weighted by atomic mass is 19.1. The second-order valence-corrected chi connectivity index (χ2v) is 5.48. The fourth-order valence-corrected chi connectivity index (χ4v) is 2.74. The monoisotopic (exact) mass is 274 g/mol. The average Bonchev–Trinajstić information content (AvgIpc) is 2.78. The Morgan fingerprint density at radius 2 is 2.25 bits per heavy atom. The number of nitrogens with zero attached hydrogens (tertiary/aromatic N) is 3. The first-order valence-electron chi connectivity index (χ1n) is 7.04. The highest BCUT2D eigenvalue weighted by Crippen LogP contribution is 2.36. The highest BCUT2D eigenvalue weighted by Gasteiger charge is 2.29. The Kier molecular flexibility index (Phi) is 3.78. The molecule has 0 spiro atoms. The molecule has 1 heterocycles. The summed E-state index contributed by atoms with van der Waals surface area (Å²) in [6.07, 6.45) is 4.78. The third kappa shape index (κ3) is 2.88. The largest absolute Gasteiger partial charge is 0.321 e. The van der Waals surface area contributed by atoms with Crippen molar-refractivity contribution in [2.45, 2.75) is 31.2 Å². The Labute approximate surface area is 118 Å². The fourth-order valence-electron chi connectivity index (χ4n) is 2.74. The molecule has 1 saturated carbocycles. The molecule has 1 N–H and O–H groups in total. The molecule has 3 rings (SSSR count). The number of rotatable bonds is 5. The molecule has 20 heavy (non-hydrogen) atoms. The Hall–Kier alpha value is -1.75. The zero-order valence-corrected chi connectivity index (χ0v) is 11.6. The van der Waals surface area contributed by atoms with Crippen molar-refractivity contribution >= 4 is 0 Å². The van der Waals surface area contributed by atoms with E-state index in [0.717, 1.165) is 37.2 Å². The van der Waals surface area contributed by atoms with E-state index in [9.17, 15) is 4.39 Å². The number of aromatic nitrogens is 3. The van der Waals surface area contributed by atoms with Gasteiger partial charge in [-0.2, -0.15) is 0 Å². The first kappa shape index (κ1) is 13.2. The summed E-state index contributed by atoms with van der Waals surface area (Å²) in [5.74, 6) is 1.36. The minimum Gasteiger partial charge on any atom is -0.321 e. The zero-order valence-electron chi connectivity index (χ0n) is 11.6. The quantitative estimate of drug-likeness (QED) is 0.907. The van der Waals surface area contributed by atoms with Gasteiger partial charge in [-0.25, -0.2) is 4.39 Å². The smallest absolute Gasteiger partial charge is 0.133 e. The molecule has 1 fully saturated rings. The first-order chi connectivity index (χ1) is 9.72. The van der Waals surface area contributed by atoms with Crippen LogP contribution in [0, 0.1) is 5.82 Å². The molecule has 0 unspecified atom stereocenters. The van der Waals surface area contributed by atoms with Crippen molar-refractivity contribution in [2.24, 2.45) is 7.05 Å². The Morgan fingerprint density at radius 3 is 2.95 bits per heavy atom. The van der Waals surface area contributed by atoms with E-state index in [2.05, 4.69) is 15.5 Å². The summed E-state index contributed by atoms with van der Waals surface area (Å²) in [5.41, 5.74) is 1.12. The maximum absolute atomic E-state index is 13.2. The van der Waals surface area contributed by atoms with Crippen LogP contribution in [-0.4, -0.2) is 27.4 Å². The van der Waals surface area contributed by atoms with Gasteiger partial charge in [-0.05, 0) is 36.5 Å². The summed E-state index contributed by atoms with van der Waals surface area (Å²) < 4.78 is 15.1. The van der Waals surface area contributed by atoms with Crippen LogP contribution in [0.25, 0.3) is 0 Å². The maximum Gasteiger partial charge on any atom is 0.133 e. The van der Waals surface area contributed by atoms with Crippen molar-refractivity contribution in [3.8, 4) is 0 Å². The molecule has 1 aliphatic rings. The van der Waals surface area contributed by atoms with Crippen molar-refractivity contribution in [1.29, 1.82) is 0 Å². The zero-order chi connectivity index (χ0) is 13.9. The van der Waals surface area contributed by atoms with E-state index in [1.165, 1.54) is 6.07 Å². The lowest BCUT2D eigenvalue weighted by Crippen LogP contribution is -2.41. The van der Waals surface area contributed by atoms with Crippen molar-refractivity contribution in [3.63, 3.8) is 0 Å². The molecule has 0 atom stereocenters. The average molecular weight is 274 g/mol. The summed E-state index contributed by atoms with van der Waals surface area (Å²) in [6, 6.07) is 7.50. The fraction of sp³-hybridized carbons (Fsp3) is 0.467. The lowest BCUT2D eigenvalue weighted by molar-refractivity contribution is 0.291. The van der Waals surface area contributed by atoms with Gasteiger partial charge in [-0.15, -0.1) is 10.2 Å². The van der Waals surface area contributed by atoms with Crippen LogP contribution in [0.1, 0.15) is 30.1 Å². The van der Waals surface area contributed by atoms with E-state index in [1.54, 1.807) is 18.5 Å². The van der Waals surface area contributed by atoms with Crippen LogP contribution in [-0.2, 0) is 13.5 Å². The number of benzene rings is 1. The van der Waals surface area contributed by atoms with Crippen LogP contribution in [0.2, 0.25) is 0 Å². The maximum atomic E-state index is 13.2. The van der Waals surface area contributed by atoms with E-state index in [-0.39, 0.29) is 5.82 Å². The molecule has 0 bridgehead atoms. The molecule has 0 amide bonds. The lowest BCUT2D eigenvalue weighted by atomic mass is 9.76.